The summed E-state index contributed by atoms with van der Waals surface area (Å²) in [7, 11) is 1.67. The Kier molecular flexibility index (Phi) is 6.86. The van der Waals surface area contributed by atoms with Crippen LogP contribution < -0.4 is 9.64 Å². The van der Waals surface area contributed by atoms with Gasteiger partial charge in [0.05, 0.1) is 12.8 Å². The lowest BCUT2D eigenvalue weighted by atomic mass is 10.2. The fraction of sp³-hybridized carbons (Fsp3) is 0.474. The standard InChI is InChI=1S/C19H27N3O3/c1-4-10-20(16(2)23)11-9-19(24)22-14-12-21(13-15-22)17-7-5-6-8-18(17)25-3/h4-8H,1,9-15H2,2-3H3. The molecule has 1 fully saturated rings. The lowest BCUT2D eigenvalue weighted by Crippen LogP contribution is -2.49. The van der Waals surface area contributed by atoms with Gasteiger partial charge in [0.1, 0.15) is 5.75 Å². The first-order valence-corrected chi connectivity index (χ1v) is 8.59. The first-order chi connectivity index (χ1) is 12.1. The van der Waals surface area contributed by atoms with Crippen molar-refractivity contribution in [2.75, 3.05) is 51.3 Å². The molecule has 0 aliphatic carbocycles. The number of nitrogens with zero attached hydrogens (tertiary/aromatic N) is 3. The molecule has 1 aliphatic rings. The van der Waals surface area contributed by atoms with E-state index in [1.54, 1.807) is 18.1 Å². The fourth-order valence-electron chi connectivity index (χ4n) is 3.01. The highest BCUT2D eigenvalue weighted by molar-refractivity contribution is 5.78. The number of anilines is 1. The smallest absolute Gasteiger partial charge is 0.224 e. The quantitative estimate of drug-likeness (QED) is 0.707. The number of hydrogen-bond donors (Lipinski definition) is 0. The highest BCUT2D eigenvalue weighted by Crippen LogP contribution is 2.28. The maximum Gasteiger partial charge on any atom is 0.224 e. The predicted octanol–water partition coefficient (Wildman–Crippen LogP) is 1.77. The summed E-state index contributed by atoms with van der Waals surface area (Å²) in [6.07, 6.45) is 2.03. The lowest BCUT2D eigenvalue weighted by molar-refractivity contribution is -0.133. The Hall–Kier alpha value is -2.50. The Morgan fingerprint density at radius 2 is 1.92 bits per heavy atom. The molecule has 6 heteroatoms. The Labute approximate surface area is 149 Å². The third kappa shape index (κ3) is 4.98. The highest BCUT2D eigenvalue weighted by atomic mass is 16.5. The molecule has 0 bridgehead atoms. The molecule has 1 saturated heterocycles. The lowest BCUT2D eigenvalue weighted by Gasteiger charge is -2.37. The van der Waals surface area contributed by atoms with Crippen molar-refractivity contribution in [2.45, 2.75) is 13.3 Å². The van der Waals surface area contributed by atoms with Crippen LogP contribution in [0.25, 0.3) is 0 Å². The van der Waals surface area contributed by atoms with Gasteiger partial charge in [-0.15, -0.1) is 6.58 Å². The third-order valence-electron chi connectivity index (χ3n) is 4.45. The van der Waals surface area contributed by atoms with Crippen LogP contribution in [-0.4, -0.2) is 68.0 Å². The predicted molar refractivity (Wildman–Crippen MR) is 98.9 cm³/mol. The first kappa shape index (κ1) is 18.8. The zero-order chi connectivity index (χ0) is 18.2. The van der Waals surface area contributed by atoms with E-state index in [-0.39, 0.29) is 11.8 Å². The van der Waals surface area contributed by atoms with E-state index < -0.39 is 0 Å². The van der Waals surface area contributed by atoms with Gasteiger partial charge < -0.3 is 19.4 Å². The Morgan fingerprint density at radius 3 is 2.52 bits per heavy atom. The molecule has 0 saturated carbocycles. The number of carbonyl (C=O) groups is 2. The van der Waals surface area contributed by atoms with Gasteiger partial charge in [-0.2, -0.15) is 0 Å². The SMILES string of the molecule is C=CCN(CCC(=O)N1CCN(c2ccccc2OC)CC1)C(C)=O. The summed E-state index contributed by atoms with van der Waals surface area (Å²) in [5.41, 5.74) is 1.06. The molecule has 0 aromatic heterocycles. The Morgan fingerprint density at radius 1 is 1.24 bits per heavy atom. The molecule has 6 nitrogen and oxygen atoms in total. The van der Waals surface area contributed by atoms with E-state index in [9.17, 15) is 9.59 Å². The molecule has 25 heavy (non-hydrogen) atoms. The second kappa shape index (κ2) is 9.11. The zero-order valence-corrected chi connectivity index (χ0v) is 15.1. The van der Waals surface area contributed by atoms with Crippen LogP contribution in [0.3, 0.4) is 0 Å². The van der Waals surface area contributed by atoms with Crippen molar-refractivity contribution < 1.29 is 14.3 Å². The number of methoxy groups -OCH3 is 1. The van der Waals surface area contributed by atoms with Crippen molar-refractivity contribution in [1.82, 2.24) is 9.80 Å². The van der Waals surface area contributed by atoms with Crippen molar-refractivity contribution in [3.05, 3.63) is 36.9 Å². The second-order valence-electron chi connectivity index (χ2n) is 6.04. The van der Waals surface area contributed by atoms with Crippen LogP contribution in [0.1, 0.15) is 13.3 Å². The summed E-state index contributed by atoms with van der Waals surface area (Å²) in [6, 6.07) is 7.93. The van der Waals surface area contributed by atoms with Crippen molar-refractivity contribution in [3.63, 3.8) is 0 Å². The average molecular weight is 345 g/mol. The van der Waals surface area contributed by atoms with Crippen molar-refractivity contribution in [3.8, 4) is 5.75 Å². The minimum absolute atomic E-state index is 0.0336. The maximum absolute atomic E-state index is 12.4. The van der Waals surface area contributed by atoms with E-state index in [0.29, 0.717) is 32.6 Å². The molecule has 2 amide bonds. The molecule has 0 spiro atoms. The topological polar surface area (TPSA) is 53.1 Å². The summed E-state index contributed by atoms with van der Waals surface area (Å²) in [6.45, 7) is 8.98. The molecule has 1 aromatic carbocycles. The Bertz CT molecular complexity index is 610. The number of hydrogen-bond acceptors (Lipinski definition) is 4. The van der Waals surface area contributed by atoms with E-state index in [2.05, 4.69) is 11.5 Å². The first-order valence-electron chi connectivity index (χ1n) is 8.59. The number of piperazine rings is 1. The molecule has 136 valence electrons. The van der Waals surface area contributed by atoms with Crippen LogP contribution in [0, 0.1) is 0 Å². The van der Waals surface area contributed by atoms with E-state index >= 15 is 0 Å². The van der Waals surface area contributed by atoms with Crippen LogP contribution >= 0.6 is 0 Å². The summed E-state index contributed by atoms with van der Waals surface area (Å²) in [5.74, 6) is 0.910. The molecule has 0 unspecified atom stereocenters. The van der Waals surface area contributed by atoms with Gasteiger partial charge in [-0.3, -0.25) is 9.59 Å². The van der Waals surface area contributed by atoms with Gasteiger partial charge in [-0.05, 0) is 12.1 Å². The number of benzene rings is 1. The van der Waals surface area contributed by atoms with Crippen molar-refractivity contribution >= 4 is 17.5 Å². The van der Waals surface area contributed by atoms with E-state index in [1.165, 1.54) is 6.92 Å². The second-order valence-corrected chi connectivity index (χ2v) is 6.04. The van der Waals surface area contributed by atoms with Crippen LogP contribution in [0.5, 0.6) is 5.75 Å². The van der Waals surface area contributed by atoms with Crippen LogP contribution in [0.15, 0.2) is 36.9 Å². The number of para-hydroxylation sites is 2. The average Bonchev–Trinajstić information content (AvgIpc) is 2.64. The van der Waals surface area contributed by atoms with Gasteiger partial charge in [0.2, 0.25) is 11.8 Å². The summed E-state index contributed by atoms with van der Waals surface area (Å²) in [5, 5.41) is 0. The van der Waals surface area contributed by atoms with E-state index in [4.69, 9.17) is 4.74 Å². The maximum atomic E-state index is 12.4. The van der Waals surface area contributed by atoms with Crippen molar-refractivity contribution in [1.29, 1.82) is 0 Å². The zero-order valence-electron chi connectivity index (χ0n) is 15.1. The minimum atomic E-state index is -0.0336. The van der Waals surface area contributed by atoms with Gasteiger partial charge in [0, 0.05) is 52.6 Å². The minimum Gasteiger partial charge on any atom is -0.495 e. The normalized spacial score (nSPS) is 14.2. The molecule has 1 aromatic rings. The molecular weight excluding hydrogens is 318 g/mol. The van der Waals surface area contributed by atoms with Gasteiger partial charge in [0.25, 0.3) is 0 Å². The molecule has 2 rings (SSSR count). The van der Waals surface area contributed by atoms with E-state index in [0.717, 1.165) is 24.5 Å². The molecule has 0 atom stereocenters. The monoisotopic (exact) mass is 345 g/mol. The molecule has 1 heterocycles. The van der Waals surface area contributed by atoms with Gasteiger partial charge >= 0.3 is 0 Å². The van der Waals surface area contributed by atoms with Gasteiger partial charge in [-0.25, -0.2) is 0 Å². The van der Waals surface area contributed by atoms with Crippen LogP contribution in [-0.2, 0) is 9.59 Å². The van der Waals surface area contributed by atoms with Crippen LogP contribution in [0.2, 0.25) is 0 Å². The fourth-order valence-corrected chi connectivity index (χ4v) is 3.01. The van der Waals surface area contributed by atoms with E-state index in [1.807, 2.05) is 29.2 Å². The number of carbonyl (C=O) groups excluding carboxylic acids is 2. The molecule has 0 N–H and O–H groups in total. The molecule has 0 radical (unpaired) electrons. The Balaban J connectivity index is 1.86. The molecule has 1 aliphatic heterocycles. The summed E-state index contributed by atoms with van der Waals surface area (Å²) >= 11 is 0. The summed E-state index contributed by atoms with van der Waals surface area (Å²) < 4.78 is 5.42. The highest BCUT2D eigenvalue weighted by Gasteiger charge is 2.23. The number of amides is 2. The number of ether oxygens (including phenoxy) is 1. The largest absolute Gasteiger partial charge is 0.495 e. The molecular formula is C19H27N3O3. The van der Waals surface area contributed by atoms with Crippen molar-refractivity contribution in [2.24, 2.45) is 0 Å². The van der Waals surface area contributed by atoms with Crippen LogP contribution in [0.4, 0.5) is 5.69 Å². The summed E-state index contributed by atoms with van der Waals surface area (Å²) in [4.78, 5) is 29.7. The third-order valence-corrected chi connectivity index (χ3v) is 4.45. The van der Waals surface area contributed by atoms with Gasteiger partial charge in [-0.1, -0.05) is 18.2 Å². The van der Waals surface area contributed by atoms with Gasteiger partial charge in [0.15, 0.2) is 0 Å². The number of rotatable bonds is 7.